The summed E-state index contributed by atoms with van der Waals surface area (Å²) in [7, 11) is 0. The van der Waals surface area contributed by atoms with Crippen molar-refractivity contribution in [2.75, 3.05) is 39.4 Å². The largest absolute Gasteiger partial charge is 0.379 e. The van der Waals surface area contributed by atoms with Gasteiger partial charge in [0.2, 0.25) is 17.7 Å². The van der Waals surface area contributed by atoms with Gasteiger partial charge in [0.05, 0.1) is 28.4 Å². The van der Waals surface area contributed by atoms with E-state index in [2.05, 4.69) is 46.8 Å². The molecule has 2 aromatic rings. The van der Waals surface area contributed by atoms with Crippen LogP contribution in [0.2, 0.25) is 0 Å². The van der Waals surface area contributed by atoms with Crippen LogP contribution in [0.4, 0.5) is 0 Å². The van der Waals surface area contributed by atoms with E-state index in [1.165, 1.54) is 12.0 Å². The number of carbonyl (C=O) groups excluding carboxylic acids is 3. The van der Waals surface area contributed by atoms with Crippen LogP contribution in [0.5, 0.6) is 0 Å². The molecular weight excluding hydrogens is 550 g/mol. The number of nitrogens with one attached hydrogen (secondary N) is 3. The lowest BCUT2D eigenvalue weighted by Crippen LogP contribution is -2.55. The predicted octanol–water partition coefficient (Wildman–Crippen LogP) is 3.93. The van der Waals surface area contributed by atoms with Crippen molar-refractivity contribution in [2.45, 2.75) is 83.7 Å². The maximum atomic E-state index is 13.7. The van der Waals surface area contributed by atoms with Gasteiger partial charge in [-0.25, -0.2) is 4.98 Å². The fourth-order valence-electron chi connectivity index (χ4n) is 5.63. The van der Waals surface area contributed by atoms with Crippen molar-refractivity contribution < 1.29 is 19.1 Å². The first-order valence-corrected chi connectivity index (χ1v) is 16.4. The van der Waals surface area contributed by atoms with Crippen molar-refractivity contribution in [1.29, 1.82) is 0 Å². The third-order valence-electron chi connectivity index (χ3n) is 8.25. The van der Waals surface area contributed by atoms with E-state index in [0.717, 1.165) is 67.2 Å². The number of benzene rings is 1. The number of fused-ring (bicyclic) bond motifs is 1. The lowest BCUT2D eigenvalue weighted by molar-refractivity contribution is -0.129. The summed E-state index contributed by atoms with van der Waals surface area (Å²) in [5, 5.41) is 9.97. The van der Waals surface area contributed by atoms with Crippen LogP contribution < -0.4 is 16.0 Å². The zero-order valence-corrected chi connectivity index (χ0v) is 26.1. The molecule has 1 aliphatic heterocycles. The highest BCUT2D eigenvalue weighted by Gasteiger charge is 2.29. The van der Waals surface area contributed by atoms with Crippen molar-refractivity contribution in [3.63, 3.8) is 0 Å². The van der Waals surface area contributed by atoms with Crippen LogP contribution in [-0.2, 0) is 25.5 Å². The maximum Gasteiger partial charge on any atom is 0.243 e. The highest BCUT2D eigenvalue weighted by atomic mass is 32.1. The van der Waals surface area contributed by atoms with Gasteiger partial charge in [0, 0.05) is 51.1 Å². The second-order valence-electron chi connectivity index (χ2n) is 11.7. The molecule has 2 heterocycles. The molecule has 1 aromatic heterocycles. The van der Waals surface area contributed by atoms with E-state index in [0.29, 0.717) is 31.8 Å². The SMILES string of the molecule is CCC(=O)NC(Cc1nc2ccc(C(C)C)cc2s1)C(=O)NC(CNC(=O)/C=C/CN1CCOCC1)C1CCCCC1. The molecule has 10 heteroatoms. The Morgan fingerprint density at radius 2 is 1.88 bits per heavy atom. The summed E-state index contributed by atoms with van der Waals surface area (Å²) < 4.78 is 6.46. The van der Waals surface area contributed by atoms with Crippen LogP contribution in [0.3, 0.4) is 0 Å². The highest BCUT2D eigenvalue weighted by molar-refractivity contribution is 7.18. The number of nitrogens with zero attached hydrogens (tertiary/aromatic N) is 2. The first-order chi connectivity index (χ1) is 20.3. The van der Waals surface area contributed by atoms with E-state index in [1.54, 1.807) is 24.3 Å². The van der Waals surface area contributed by atoms with Crippen LogP contribution in [-0.4, -0.2) is 79.1 Å². The van der Waals surface area contributed by atoms with Gasteiger partial charge in [0.25, 0.3) is 0 Å². The van der Waals surface area contributed by atoms with Gasteiger partial charge in [0.15, 0.2) is 0 Å². The minimum atomic E-state index is -0.738. The van der Waals surface area contributed by atoms with Gasteiger partial charge in [-0.2, -0.15) is 0 Å². The molecule has 1 aliphatic carbocycles. The molecule has 230 valence electrons. The molecule has 3 amide bonds. The average molecular weight is 598 g/mol. The van der Waals surface area contributed by atoms with E-state index in [4.69, 9.17) is 9.72 Å². The molecule has 1 saturated heterocycles. The Labute approximate surface area is 253 Å². The standard InChI is InChI=1S/C32H47N5O4S/c1-4-29(38)34-26(20-31-35-25-13-12-24(22(2)3)19-28(25)42-31)32(40)36-27(23-9-6-5-7-10-23)21-33-30(39)11-8-14-37-15-17-41-18-16-37/h8,11-13,19,22-23,26-27H,4-7,9-10,14-18,20-21H2,1-3H3,(H,33,39)(H,34,38)(H,36,40)/b11-8+. The third kappa shape index (κ3) is 9.61. The Kier molecular flexibility index (Phi) is 12.3. The number of amides is 3. The van der Waals surface area contributed by atoms with Crippen molar-refractivity contribution in [1.82, 2.24) is 25.8 Å². The van der Waals surface area contributed by atoms with Crippen molar-refractivity contribution >= 4 is 39.3 Å². The van der Waals surface area contributed by atoms with Crippen LogP contribution >= 0.6 is 11.3 Å². The molecule has 1 saturated carbocycles. The lowest BCUT2D eigenvalue weighted by atomic mass is 9.83. The Hall–Kier alpha value is -2.82. The smallest absolute Gasteiger partial charge is 0.243 e. The van der Waals surface area contributed by atoms with Crippen LogP contribution in [0.25, 0.3) is 10.2 Å². The molecule has 0 bridgehead atoms. The zero-order chi connectivity index (χ0) is 29.9. The number of rotatable bonds is 13. The number of thiazole rings is 1. The van der Waals surface area contributed by atoms with Gasteiger partial charge in [-0.05, 0) is 42.4 Å². The van der Waals surface area contributed by atoms with E-state index in [-0.39, 0.29) is 29.7 Å². The van der Waals surface area contributed by atoms with Gasteiger partial charge >= 0.3 is 0 Å². The van der Waals surface area contributed by atoms with Crippen LogP contribution in [0.1, 0.15) is 75.8 Å². The Morgan fingerprint density at radius 3 is 2.60 bits per heavy atom. The number of carbonyl (C=O) groups is 3. The number of ether oxygens (including phenoxy) is 1. The van der Waals surface area contributed by atoms with Gasteiger partial charge in [0.1, 0.15) is 6.04 Å². The minimum Gasteiger partial charge on any atom is -0.379 e. The molecule has 2 unspecified atom stereocenters. The van der Waals surface area contributed by atoms with Crippen molar-refractivity contribution in [2.24, 2.45) is 5.92 Å². The summed E-state index contributed by atoms with van der Waals surface area (Å²) in [6, 6.07) is 5.34. The van der Waals surface area contributed by atoms with Gasteiger partial charge in [-0.15, -0.1) is 11.3 Å². The van der Waals surface area contributed by atoms with E-state index < -0.39 is 6.04 Å². The molecule has 2 atom stereocenters. The topological polar surface area (TPSA) is 113 Å². The molecule has 0 spiro atoms. The molecule has 9 nitrogen and oxygen atoms in total. The van der Waals surface area contributed by atoms with E-state index in [9.17, 15) is 14.4 Å². The molecule has 3 N–H and O–H groups in total. The lowest BCUT2D eigenvalue weighted by Gasteiger charge is -2.32. The fraction of sp³-hybridized carbons (Fsp3) is 0.625. The molecular formula is C32H47N5O4S. The minimum absolute atomic E-state index is 0.163. The Bertz CT molecular complexity index is 1220. The second-order valence-corrected chi connectivity index (χ2v) is 12.9. The van der Waals surface area contributed by atoms with E-state index in [1.807, 2.05) is 12.1 Å². The fourth-order valence-corrected chi connectivity index (χ4v) is 6.69. The second kappa shape index (κ2) is 16.1. The number of hydrogen-bond acceptors (Lipinski definition) is 7. The molecule has 2 fully saturated rings. The van der Waals surface area contributed by atoms with Gasteiger partial charge < -0.3 is 20.7 Å². The highest BCUT2D eigenvalue weighted by Crippen LogP contribution is 2.28. The van der Waals surface area contributed by atoms with E-state index >= 15 is 0 Å². The Morgan fingerprint density at radius 1 is 1.12 bits per heavy atom. The summed E-state index contributed by atoms with van der Waals surface area (Å²) in [5.74, 6) is 0.127. The zero-order valence-electron chi connectivity index (χ0n) is 25.3. The third-order valence-corrected chi connectivity index (χ3v) is 9.29. The first-order valence-electron chi connectivity index (χ1n) is 15.6. The van der Waals surface area contributed by atoms with Crippen molar-refractivity contribution in [3.05, 3.63) is 40.9 Å². The Balaban J connectivity index is 1.41. The molecule has 1 aromatic carbocycles. The summed E-state index contributed by atoms with van der Waals surface area (Å²) >= 11 is 1.57. The van der Waals surface area contributed by atoms with Crippen molar-refractivity contribution in [3.8, 4) is 0 Å². The molecule has 2 aliphatic rings. The normalized spacial score (nSPS) is 18.3. The molecule has 0 radical (unpaired) electrons. The number of aromatic nitrogens is 1. The maximum absolute atomic E-state index is 13.7. The molecule has 4 rings (SSSR count). The average Bonchev–Trinajstić information content (AvgIpc) is 3.41. The number of morpholine rings is 1. The van der Waals surface area contributed by atoms with Crippen LogP contribution in [0, 0.1) is 5.92 Å². The van der Waals surface area contributed by atoms with Gasteiger partial charge in [-0.1, -0.05) is 52.2 Å². The van der Waals surface area contributed by atoms with Gasteiger partial charge in [-0.3, -0.25) is 19.3 Å². The summed E-state index contributed by atoms with van der Waals surface area (Å²) in [6.07, 6.45) is 9.52. The molecule has 42 heavy (non-hydrogen) atoms. The summed E-state index contributed by atoms with van der Waals surface area (Å²) in [6.45, 7) is 10.4. The number of hydrogen-bond donors (Lipinski definition) is 3. The first kappa shape index (κ1) is 32.1. The summed E-state index contributed by atoms with van der Waals surface area (Å²) in [4.78, 5) is 45.8. The monoisotopic (exact) mass is 597 g/mol. The predicted molar refractivity (Wildman–Crippen MR) is 168 cm³/mol. The quantitative estimate of drug-likeness (QED) is 0.302. The summed E-state index contributed by atoms with van der Waals surface area (Å²) in [5.41, 5.74) is 2.16. The van der Waals surface area contributed by atoms with Crippen LogP contribution in [0.15, 0.2) is 30.4 Å².